The average Bonchev–Trinajstić information content (AvgIpc) is 2.53. The lowest BCUT2D eigenvalue weighted by Crippen LogP contribution is -2.44. The number of rotatable bonds is 4. The van der Waals surface area contributed by atoms with Gasteiger partial charge in [-0.25, -0.2) is 4.98 Å². The van der Waals surface area contributed by atoms with E-state index in [0.717, 1.165) is 43.2 Å². The fraction of sp³-hybridized carbons (Fsp3) is 0.353. The van der Waals surface area contributed by atoms with E-state index < -0.39 is 0 Å². The van der Waals surface area contributed by atoms with Gasteiger partial charge in [-0.2, -0.15) is 0 Å². The number of likely N-dealkylation sites (N-methyl/N-ethyl adjacent to an activating group) is 1. The van der Waals surface area contributed by atoms with Gasteiger partial charge in [0.05, 0.1) is 11.9 Å². The maximum Gasteiger partial charge on any atom is 0.126 e. The largest absolute Gasteiger partial charge is 0.508 e. The highest BCUT2D eigenvalue weighted by Gasteiger charge is 2.14. The molecule has 0 atom stereocenters. The Labute approximate surface area is 141 Å². The highest BCUT2D eigenvalue weighted by molar-refractivity contribution is 6.30. The van der Waals surface area contributed by atoms with Crippen molar-refractivity contribution in [2.45, 2.75) is 6.54 Å². The normalized spacial score (nSPS) is 15.7. The monoisotopic (exact) mass is 332 g/mol. The number of anilines is 2. The molecule has 0 saturated carbocycles. The third-order valence-corrected chi connectivity index (χ3v) is 4.25. The summed E-state index contributed by atoms with van der Waals surface area (Å²) in [5, 5.41) is 13.3. The van der Waals surface area contributed by atoms with E-state index in [2.05, 4.69) is 33.2 Å². The fourth-order valence-electron chi connectivity index (χ4n) is 2.67. The minimum Gasteiger partial charge on any atom is -0.508 e. The summed E-state index contributed by atoms with van der Waals surface area (Å²) in [5.41, 5.74) is 2.07. The van der Waals surface area contributed by atoms with Crippen LogP contribution in [0.2, 0.25) is 5.02 Å². The molecule has 122 valence electrons. The van der Waals surface area contributed by atoms with Crippen molar-refractivity contribution in [1.29, 1.82) is 0 Å². The number of phenolic OH excluding ortho intramolecular Hbond substituents is 1. The van der Waals surface area contributed by atoms with Crippen LogP contribution in [0.5, 0.6) is 5.75 Å². The van der Waals surface area contributed by atoms with E-state index in [1.165, 1.54) is 6.07 Å². The second-order valence-electron chi connectivity index (χ2n) is 5.86. The van der Waals surface area contributed by atoms with Gasteiger partial charge < -0.3 is 20.2 Å². The van der Waals surface area contributed by atoms with Crippen LogP contribution in [0.3, 0.4) is 0 Å². The number of nitrogens with zero attached hydrogens (tertiary/aromatic N) is 3. The quantitative estimate of drug-likeness (QED) is 0.901. The van der Waals surface area contributed by atoms with Crippen LogP contribution in [-0.2, 0) is 6.54 Å². The molecule has 3 rings (SSSR count). The third-order valence-electron chi connectivity index (χ3n) is 4.03. The lowest BCUT2D eigenvalue weighted by Gasteiger charge is -2.33. The zero-order valence-corrected chi connectivity index (χ0v) is 13.9. The number of aromatic hydroxyl groups is 1. The molecule has 1 aliphatic heterocycles. The van der Waals surface area contributed by atoms with Crippen molar-refractivity contribution >= 4 is 23.1 Å². The number of hydrogen-bond donors (Lipinski definition) is 2. The first-order valence-corrected chi connectivity index (χ1v) is 8.10. The lowest BCUT2D eigenvalue weighted by molar-refractivity contribution is 0.313. The molecule has 1 saturated heterocycles. The Morgan fingerprint density at radius 1 is 1.17 bits per heavy atom. The van der Waals surface area contributed by atoms with Crippen LogP contribution >= 0.6 is 11.6 Å². The van der Waals surface area contributed by atoms with Gasteiger partial charge in [0.25, 0.3) is 0 Å². The summed E-state index contributed by atoms with van der Waals surface area (Å²) in [6, 6.07) is 9.12. The number of pyridine rings is 1. The van der Waals surface area contributed by atoms with Crippen LogP contribution in [-0.4, -0.2) is 48.2 Å². The van der Waals surface area contributed by atoms with Crippen molar-refractivity contribution in [3.8, 4) is 5.75 Å². The topological polar surface area (TPSA) is 51.6 Å². The molecule has 0 bridgehead atoms. The molecule has 0 spiro atoms. The zero-order valence-electron chi connectivity index (χ0n) is 13.2. The Balaban J connectivity index is 1.59. The van der Waals surface area contributed by atoms with Gasteiger partial charge >= 0.3 is 0 Å². The standard InChI is InChI=1S/C17H21ClN4O/c1-21-4-6-22(7-5-21)15-2-3-17(20-12-15)19-11-13-8-14(18)10-16(23)9-13/h2-3,8-10,12,23H,4-7,11H2,1H3,(H,19,20). The molecule has 5 nitrogen and oxygen atoms in total. The van der Waals surface area contributed by atoms with E-state index in [1.54, 1.807) is 6.07 Å². The van der Waals surface area contributed by atoms with Crippen LogP contribution in [0, 0.1) is 0 Å². The molecule has 0 amide bonds. The van der Waals surface area contributed by atoms with Crippen LogP contribution in [0.4, 0.5) is 11.5 Å². The number of piperazine rings is 1. The Kier molecular flexibility index (Phi) is 4.88. The molecule has 2 N–H and O–H groups in total. The van der Waals surface area contributed by atoms with Gasteiger partial charge in [0.2, 0.25) is 0 Å². The third kappa shape index (κ3) is 4.27. The molecular weight excluding hydrogens is 312 g/mol. The second kappa shape index (κ2) is 7.06. The highest BCUT2D eigenvalue weighted by atomic mass is 35.5. The van der Waals surface area contributed by atoms with Gasteiger partial charge in [0, 0.05) is 37.7 Å². The summed E-state index contributed by atoms with van der Waals surface area (Å²) >= 11 is 5.94. The molecule has 1 fully saturated rings. The minimum atomic E-state index is 0.174. The van der Waals surface area contributed by atoms with Gasteiger partial charge in [0.15, 0.2) is 0 Å². The predicted molar refractivity (Wildman–Crippen MR) is 94.4 cm³/mol. The number of phenols is 1. The molecule has 1 aliphatic rings. The van der Waals surface area contributed by atoms with Crippen molar-refractivity contribution in [1.82, 2.24) is 9.88 Å². The first-order chi connectivity index (χ1) is 11.1. The van der Waals surface area contributed by atoms with Gasteiger partial charge in [-0.15, -0.1) is 0 Å². The summed E-state index contributed by atoms with van der Waals surface area (Å²) in [5.74, 6) is 0.981. The summed E-state index contributed by atoms with van der Waals surface area (Å²) in [6.07, 6.45) is 1.91. The summed E-state index contributed by atoms with van der Waals surface area (Å²) in [6.45, 7) is 4.80. The van der Waals surface area contributed by atoms with E-state index in [0.29, 0.717) is 11.6 Å². The van der Waals surface area contributed by atoms with Crippen LogP contribution in [0.1, 0.15) is 5.56 Å². The van der Waals surface area contributed by atoms with Gasteiger partial charge in [-0.1, -0.05) is 11.6 Å². The Morgan fingerprint density at radius 3 is 2.61 bits per heavy atom. The van der Waals surface area contributed by atoms with Gasteiger partial charge in [-0.05, 0) is 42.9 Å². The van der Waals surface area contributed by atoms with Crippen molar-refractivity contribution in [2.24, 2.45) is 0 Å². The summed E-state index contributed by atoms with van der Waals surface area (Å²) < 4.78 is 0. The smallest absolute Gasteiger partial charge is 0.126 e. The van der Waals surface area contributed by atoms with E-state index >= 15 is 0 Å². The molecule has 23 heavy (non-hydrogen) atoms. The molecule has 1 aromatic heterocycles. The van der Waals surface area contributed by atoms with Gasteiger partial charge in [0.1, 0.15) is 11.6 Å². The molecule has 2 heterocycles. The number of aromatic nitrogens is 1. The van der Waals surface area contributed by atoms with E-state index in [4.69, 9.17) is 11.6 Å². The minimum absolute atomic E-state index is 0.174. The molecule has 2 aromatic rings. The summed E-state index contributed by atoms with van der Waals surface area (Å²) in [4.78, 5) is 9.16. The Hall–Kier alpha value is -1.98. The fourth-order valence-corrected chi connectivity index (χ4v) is 2.92. The van der Waals surface area contributed by atoms with E-state index in [-0.39, 0.29) is 5.75 Å². The number of halogens is 1. The molecule has 1 aromatic carbocycles. The van der Waals surface area contributed by atoms with Crippen LogP contribution < -0.4 is 10.2 Å². The molecule has 6 heteroatoms. The van der Waals surface area contributed by atoms with Crippen molar-refractivity contribution in [3.05, 3.63) is 47.1 Å². The highest BCUT2D eigenvalue weighted by Crippen LogP contribution is 2.21. The number of benzene rings is 1. The molecule has 0 radical (unpaired) electrons. The first-order valence-electron chi connectivity index (χ1n) is 7.72. The zero-order chi connectivity index (χ0) is 16.2. The maximum absolute atomic E-state index is 9.55. The predicted octanol–water partition coefficient (Wildman–Crippen LogP) is 2.80. The van der Waals surface area contributed by atoms with E-state index in [1.807, 2.05) is 18.3 Å². The SMILES string of the molecule is CN1CCN(c2ccc(NCc3cc(O)cc(Cl)c3)nc2)CC1. The maximum atomic E-state index is 9.55. The molecule has 0 aliphatic carbocycles. The van der Waals surface area contributed by atoms with Gasteiger partial charge in [-0.3, -0.25) is 0 Å². The lowest BCUT2D eigenvalue weighted by atomic mass is 10.2. The van der Waals surface area contributed by atoms with Crippen LogP contribution in [0.25, 0.3) is 0 Å². The molecule has 0 unspecified atom stereocenters. The second-order valence-corrected chi connectivity index (χ2v) is 6.30. The van der Waals surface area contributed by atoms with Crippen molar-refractivity contribution in [2.75, 3.05) is 43.4 Å². The first kappa shape index (κ1) is 15.9. The average molecular weight is 333 g/mol. The molecular formula is C17H21ClN4O. The summed E-state index contributed by atoms with van der Waals surface area (Å²) in [7, 11) is 2.15. The van der Waals surface area contributed by atoms with Crippen molar-refractivity contribution in [3.63, 3.8) is 0 Å². The van der Waals surface area contributed by atoms with E-state index in [9.17, 15) is 5.11 Å². The number of hydrogen-bond acceptors (Lipinski definition) is 5. The Morgan fingerprint density at radius 2 is 1.96 bits per heavy atom. The van der Waals surface area contributed by atoms with Crippen molar-refractivity contribution < 1.29 is 5.11 Å². The van der Waals surface area contributed by atoms with Crippen LogP contribution in [0.15, 0.2) is 36.5 Å². The number of nitrogens with one attached hydrogen (secondary N) is 1. The Bertz CT molecular complexity index is 634.